The Labute approximate surface area is 218 Å². The molecular weight excluding hydrogens is 466 g/mol. The van der Waals surface area contributed by atoms with Crippen LogP contribution in [-0.2, 0) is 32.0 Å². The van der Waals surface area contributed by atoms with Crippen molar-refractivity contribution in [1.29, 1.82) is 0 Å². The van der Waals surface area contributed by atoms with Crippen LogP contribution in [0.25, 0.3) is 0 Å². The summed E-state index contributed by atoms with van der Waals surface area (Å²) in [5, 5.41) is 3.11. The maximum atomic E-state index is 13.9. The van der Waals surface area contributed by atoms with Crippen LogP contribution in [0, 0.1) is 5.92 Å². The third-order valence-corrected chi connectivity index (χ3v) is 7.95. The molecule has 0 radical (unpaired) electrons. The van der Waals surface area contributed by atoms with E-state index in [4.69, 9.17) is 0 Å². The molecule has 7 heteroatoms. The molecule has 0 aliphatic carbocycles. The first-order valence-electron chi connectivity index (χ1n) is 13.5. The van der Waals surface area contributed by atoms with E-state index in [1.165, 1.54) is 0 Å². The van der Waals surface area contributed by atoms with E-state index in [1.807, 2.05) is 60.7 Å². The van der Waals surface area contributed by atoms with E-state index in [2.05, 4.69) is 5.32 Å². The molecule has 7 nitrogen and oxygen atoms in total. The van der Waals surface area contributed by atoms with E-state index >= 15 is 0 Å². The Morgan fingerprint density at radius 1 is 0.676 bits per heavy atom. The van der Waals surface area contributed by atoms with Crippen molar-refractivity contribution in [3.63, 3.8) is 0 Å². The van der Waals surface area contributed by atoms with Crippen molar-refractivity contribution in [3.8, 4) is 0 Å². The Hall–Kier alpha value is -3.48. The van der Waals surface area contributed by atoms with Crippen LogP contribution in [0.3, 0.4) is 0 Å². The van der Waals surface area contributed by atoms with Crippen LogP contribution in [0.4, 0.5) is 0 Å². The van der Waals surface area contributed by atoms with Crippen molar-refractivity contribution in [2.24, 2.45) is 5.92 Å². The summed E-state index contributed by atoms with van der Waals surface area (Å²) in [6.45, 7) is 1.03. The minimum Gasteiger partial charge on any atom is -0.351 e. The molecule has 3 fully saturated rings. The Morgan fingerprint density at radius 2 is 1.24 bits per heavy atom. The maximum absolute atomic E-state index is 13.9. The molecule has 0 saturated carbocycles. The van der Waals surface area contributed by atoms with Gasteiger partial charge in [-0.2, -0.15) is 0 Å². The van der Waals surface area contributed by atoms with Crippen LogP contribution in [0.2, 0.25) is 0 Å². The number of rotatable bonds is 4. The summed E-state index contributed by atoms with van der Waals surface area (Å²) in [4.78, 5) is 57.8. The fourth-order valence-electron chi connectivity index (χ4n) is 6.16. The Balaban J connectivity index is 1.46. The second-order valence-electron chi connectivity index (χ2n) is 10.6. The number of nitrogens with one attached hydrogen (secondary N) is 1. The van der Waals surface area contributed by atoms with Gasteiger partial charge in [-0.25, -0.2) is 0 Å². The van der Waals surface area contributed by atoms with E-state index in [0.29, 0.717) is 38.8 Å². The highest BCUT2D eigenvalue weighted by molar-refractivity contribution is 5.95. The van der Waals surface area contributed by atoms with Gasteiger partial charge in [-0.05, 0) is 49.7 Å². The summed E-state index contributed by atoms with van der Waals surface area (Å²) in [7, 11) is 0. The Morgan fingerprint density at radius 3 is 1.89 bits per heavy atom. The number of ketones is 1. The van der Waals surface area contributed by atoms with Crippen LogP contribution in [0.1, 0.15) is 49.7 Å². The first-order chi connectivity index (χ1) is 18.0. The van der Waals surface area contributed by atoms with Gasteiger partial charge in [0.2, 0.25) is 17.7 Å². The number of nitrogens with zero attached hydrogens (tertiary/aromatic N) is 2. The van der Waals surface area contributed by atoms with Crippen molar-refractivity contribution in [2.75, 3.05) is 13.1 Å². The molecule has 1 N–H and O–H groups in total. The summed E-state index contributed by atoms with van der Waals surface area (Å²) in [5.41, 5.74) is 2.02. The van der Waals surface area contributed by atoms with Crippen LogP contribution in [-0.4, -0.2) is 64.5 Å². The Bertz CT molecular complexity index is 1140. The number of carbonyl (C=O) groups is 4. The third-order valence-electron chi connectivity index (χ3n) is 7.95. The molecule has 5 rings (SSSR count). The molecule has 3 aliphatic heterocycles. The fourth-order valence-corrected chi connectivity index (χ4v) is 6.16. The van der Waals surface area contributed by atoms with Crippen molar-refractivity contribution in [3.05, 3.63) is 71.8 Å². The van der Waals surface area contributed by atoms with E-state index in [9.17, 15) is 19.2 Å². The van der Waals surface area contributed by atoms with Gasteiger partial charge in [0.15, 0.2) is 0 Å². The van der Waals surface area contributed by atoms with Gasteiger partial charge in [-0.3, -0.25) is 19.2 Å². The van der Waals surface area contributed by atoms with E-state index in [0.717, 1.165) is 24.0 Å². The standard InChI is InChI=1S/C30H35N3O4/c34-25-19-23(17-21-9-3-1-4-10-21)29(36)33-16-8-14-27(33)30(37)32-15-7-13-26(32)28(35)31-24(20-25)18-22-11-5-2-6-12-22/h1-6,9-12,23-24,26-27H,7-8,13-20H2,(H,31,35)/t23-,24+,26-,27+/m1/s1. The lowest BCUT2D eigenvalue weighted by atomic mass is 9.90. The number of carbonyl (C=O) groups excluding carboxylic acids is 4. The van der Waals surface area contributed by atoms with E-state index in [-0.39, 0.29) is 36.3 Å². The topological polar surface area (TPSA) is 86.8 Å². The van der Waals surface area contributed by atoms with Crippen LogP contribution < -0.4 is 5.32 Å². The maximum Gasteiger partial charge on any atom is 0.246 e. The highest BCUT2D eigenvalue weighted by Crippen LogP contribution is 2.29. The fraction of sp³-hybridized carbons (Fsp3) is 0.467. The van der Waals surface area contributed by atoms with Gasteiger partial charge in [0.05, 0.1) is 0 Å². The zero-order valence-corrected chi connectivity index (χ0v) is 21.2. The summed E-state index contributed by atoms with van der Waals surface area (Å²) in [6.07, 6.45) is 3.92. The molecule has 3 saturated heterocycles. The lowest BCUT2D eigenvalue weighted by Gasteiger charge is -2.32. The molecular formula is C30H35N3O4. The smallest absolute Gasteiger partial charge is 0.246 e. The average molecular weight is 502 g/mol. The highest BCUT2D eigenvalue weighted by Gasteiger charge is 2.44. The van der Waals surface area contributed by atoms with E-state index in [1.54, 1.807) is 9.80 Å². The molecule has 2 aromatic carbocycles. The molecule has 3 aliphatic rings. The van der Waals surface area contributed by atoms with Gasteiger partial charge < -0.3 is 15.1 Å². The molecule has 3 heterocycles. The number of Topliss-reactive ketones (excluding diaryl/α,β-unsaturated/α-hetero) is 1. The SMILES string of the molecule is O=C1C[C@H](Cc2ccccc2)NC(=O)[C@H]2CCCN2C(=O)[C@@H]2CCCN2C(=O)[C@H](Cc2ccccc2)C1. The lowest BCUT2D eigenvalue weighted by Crippen LogP contribution is -2.54. The zero-order chi connectivity index (χ0) is 25.8. The number of hydrogen-bond acceptors (Lipinski definition) is 4. The van der Waals surface area contributed by atoms with Gasteiger partial charge in [0.1, 0.15) is 17.9 Å². The molecule has 2 aromatic rings. The van der Waals surface area contributed by atoms with Gasteiger partial charge in [0.25, 0.3) is 0 Å². The molecule has 3 amide bonds. The summed E-state index contributed by atoms with van der Waals surface area (Å²) < 4.78 is 0. The van der Waals surface area contributed by atoms with Crippen molar-refractivity contribution in [2.45, 2.75) is 69.5 Å². The highest BCUT2D eigenvalue weighted by atomic mass is 16.2. The minimum atomic E-state index is -0.560. The first kappa shape index (κ1) is 25.2. The van der Waals surface area contributed by atoms with Crippen LogP contribution in [0.5, 0.6) is 0 Å². The third kappa shape index (κ3) is 5.76. The number of benzene rings is 2. The van der Waals surface area contributed by atoms with Crippen LogP contribution >= 0.6 is 0 Å². The molecule has 0 unspecified atom stereocenters. The number of hydrogen-bond donors (Lipinski definition) is 1. The first-order valence-corrected chi connectivity index (χ1v) is 13.5. The van der Waals surface area contributed by atoms with Crippen LogP contribution in [0.15, 0.2) is 60.7 Å². The quantitative estimate of drug-likeness (QED) is 0.698. The van der Waals surface area contributed by atoms with Crippen molar-refractivity contribution < 1.29 is 19.2 Å². The van der Waals surface area contributed by atoms with Gasteiger partial charge in [-0.15, -0.1) is 0 Å². The van der Waals surface area contributed by atoms with Crippen molar-refractivity contribution >= 4 is 23.5 Å². The Kier molecular flexibility index (Phi) is 7.68. The predicted molar refractivity (Wildman–Crippen MR) is 139 cm³/mol. The molecule has 0 aromatic heterocycles. The minimum absolute atomic E-state index is 0.0416. The second-order valence-corrected chi connectivity index (χ2v) is 10.6. The average Bonchev–Trinajstić information content (AvgIpc) is 3.59. The molecule has 194 valence electrons. The summed E-state index contributed by atoms with van der Waals surface area (Å²) in [5.74, 6) is -1.03. The zero-order valence-electron chi connectivity index (χ0n) is 21.2. The molecule has 0 bridgehead atoms. The summed E-state index contributed by atoms with van der Waals surface area (Å²) >= 11 is 0. The molecule has 4 atom stereocenters. The van der Waals surface area contributed by atoms with Gasteiger partial charge in [-0.1, -0.05) is 60.7 Å². The normalized spacial score (nSPS) is 27.1. The van der Waals surface area contributed by atoms with Gasteiger partial charge in [0, 0.05) is 37.9 Å². The summed E-state index contributed by atoms with van der Waals surface area (Å²) in [6, 6.07) is 18.0. The number of fused-ring (bicyclic) bond motifs is 2. The number of amides is 3. The molecule has 0 spiro atoms. The predicted octanol–water partition coefficient (Wildman–Crippen LogP) is 2.92. The lowest BCUT2D eigenvalue weighted by molar-refractivity contribution is -0.148. The largest absolute Gasteiger partial charge is 0.351 e. The van der Waals surface area contributed by atoms with E-state index < -0.39 is 24.0 Å². The molecule has 37 heavy (non-hydrogen) atoms. The van der Waals surface area contributed by atoms with Gasteiger partial charge >= 0.3 is 0 Å². The van der Waals surface area contributed by atoms with Crippen molar-refractivity contribution in [1.82, 2.24) is 15.1 Å². The monoisotopic (exact) mass is 501 g/mol. The second kappa shape index (κ2) is 11.3.